The van der Waals surface area contributed by atoms with Crippen LogP contribution in [0.3, 0.4) is 0 Å². The van der Waals surface area contributed by atoms with E-state index in [1.165, 1.54) is 5.56 Å². The Labute approximate surface area is 187 Å². The summed E-state index contributed by atoms with van der Waals surface area (Å²) in [7, 11) is 3.28. The zero-order chi connectivity index (χ0) is 22.7. The molecule has 0 amide bonds. The van der Waals surface area contributed by atoms with Crippen molar-refractivity contribution in [2.45, 2.75) is 33.1 Å². The molecule has 0 aliphatic heterocycles. The molecule has 2 aromatic carbocycles. The number of benzene rings is 2. The van der Waals surface area contributed by atoms with Crippen LogP contribution in [0.5, 0.6) is 11.5 Å². The molecule has 7 heteroatoms. The summed E-state index contributed by atoms with van der Waals surface area (Å²) in [5.74, 6) is 3.49. The van der Waals surface area contributed by atoms with Gasteiger partial charge >= 0.3 is 0 Å². The van der Waals surface area contributed by atoms with E-state index < -0.39 is 0 Å². The molecule has 0 bridgehead atoms. The fraction of sp³-hybridized carbons (Fsp3) is 0.320. The molecule has 0 atom stereocenters. The molecule has 2 heterocycles. The minimum absolute atomic E-state index is 0.161. The van der Waals surface area contributed by atoms with Crippen molar-refractivity contribution in [2.75, 3.05) is 26.1 Å². The van der Waals surface area contributed by atoms with Gasteiger partial charge in [0.2, 0.25) is 11.7 Å². The van der Waals surface area contributed by atoms with Gasteiger partial charge in [0, 0.05) is 17.8 Å². The molecular weight excluding hydrogens is 404 g/mol. The first-order valence-corrected chi connectivity index (χ1v) is 10.7. The quantitative estimate of drug-likeness (QED) is 0.400. The maximum Gasteiger partial charge on any atom is 0.229 e. The Kier molecular flexibility index (Phi) is 6.25. The molecule has 0 spiro atoms. The third kappa shape index (κ3) is 4.51. The molecule has 0 fully saturated rings. The van der Waals surface area contributed by atoms with Gasteiger partial charge in [0.1, 0.15) is 5.82 Å². The predicted octanol–water partition coefficient (Wildman–Crippen LogP) is 5.39. The number of ether oxygens (including phenoxy) is 2. The highest BCUT2D eigenvalue weighted by Gasteiger charge is 2.17. The molecule has 0 aliphatic carbocycles. The van der Waals surface area contributed by atoms with Crippen molar-refractivity contribution in [1.29, 1.82) is 0 Å². The average molecular weight is 433 g/mol. The maximum absolute atomic E-state index is 5.45. The number of methoxy groups -OCH3 is 2. The van der Waals surface area contributed by atoms with Crippen LogP contribution in [0.15, 0.2) is 47.0 Å². The standard InChI is InChI=1S/C25H28N4O3/c1-15(2)25-28-24(29-32-25)19-14-18-12-16(3)6-8-20(18)27-23(19)26-11-10-17-7-9-21(30-4)22(13-17)31-5/h6-9,12-15H,10-11H2,1-5H3,(H,26,27). The molecule has 7 nitrogen and oxygen atoms in total. The highest BCUT2D eigenvalue weighted by atomic mass is 16.5. The van der Waals surface area contributed by atoms with Crippen LogP contribution in [0.1, 0.15) is 36.8 Å². The average Bonchev–Trinajstić information content (AvgIpc) is 3.29. The number of hydrogen-bond acceptors (Lipinski definition) is 7. The van der Waals surface area contributed by atoms with Crippen LogP contribution in [0.25, 0.3) is 22.3 Å². The number of nitrogens with one attached hydrogen (secondary N) is 1. The van der Waals surface area contributed by atoms with E-state index in [1.807, 2.05) is 38.1 Å². The van der Waals surface area contributed by atoms with E-state index in [0.29, 0.717) is 18.3 Å². The fourth-order valence-electron chi connectivity index (χ4n) is 3.54. The summed E-state index contributed by atoms with van der Waals surface area (Å²) < 4.78 is 16.2. The zero-order valence-electron chi connectivity index (χ0n) is 19.1. The van der Waals surface area contributed by atoms with E-state index in [1.54, 1.807) is 14.2 Å². The van der Waals surface area contributed by atoms with Gasteiger partial charge < -0.3 is 19.3 Å². The summed E-state index contributed by atoms with van der Waals surface area (Å²) >= 11 is 0. The van der Waals surface area contributed by atoms with Crippen molar-refractivity contribution in [1.82, 2.24) is 15.1 Å². The third-order valence-corrected chi connectivity index (χ3v) is 5.30. The molecule has 0 radical (unpaired) electrons. The van der Waals surface area contributed by atoms with Crippen molar-refractivity contribution in [3.63, 3.8) is 0 Å². The van der Waals surface area contributed by atoms with Crippen molar-refractivity contribution < 1.29 is 14.0 Å². The minimum Gasteiger partial charge on any atom is -0.493 e. The van der Waals surface area contributed by atoms with E-state index >= 15 is 0 Å². The fourth-order valence-corrected chi connectivity index (χ4v) is 3.54. The molecule has 4 aromatic rings. The van der Waals surface area contributed by atoms with Gasteiger partial charge in [-0.3, -0.25) is 0 Å². The lowest BCUT2D eigenvalue weighted by Crippen LogP contribution is -2.08. The van der Waals surface area contributed by atoms with Gasteiger partial charge in [-0.25, -0.2) is 4.98 Å². The van der Waals surface area contributed by atoms with Gasteiger partial charge in [-0.05, 0) is 49.2 Å². The summed E-state index contributed by atoms with van der Waals surface area (Å²) in [5, 5.41) is 8.72. The number of anilines is 1. The van der Waals surface area contributed by atoms with E-state index in [9.17, 15) is 0 Å². The Morgan fingerprint density at radius 3 is 2.50 bits per heavy atom. The first-order valence-electron chi connectivity index (χ1n) is 10.7. The molecule has 0 aliphatic rings. The molecule has 0 unspecified atom stereocenters. The first kappa shape index (κ1) is 21.6. The zero-order valence-corrected chi connectivity index (χ0v) is 19.1. The molecule has 2 aromatic heterocycles. The maximum atomic E-state index is 5.45. The monoisotopic (exact) mass is 432 g/mol. The number of fused-ring (bicyclic) bond motifs is 1. The topological polar surface area (TPSA) is 82.3 Å². The summed E-state index contributed by atoms with van der Waals surface area (Å²) in [6.45, 7) is 6.81. The summed E-state index contributed by atoms with van der Waals surface area (Å²) in [6, 6.07) is 14.2. The van der Waals surface area contributed by atoms with Crippen LogP contribution in [-0.4, -0.2) is 35.9 Å². The lowest BCUT2D eigenvalue weighted by atomic mass is 10.1. The molecule has 32 heavy (non-hydrogen) atoms. The first-order chi connectivity index (χ1) is 15.5. The van der Waals surface area contributed by atoms with Crippen LogP contribution in [0, 0.1) is 6.92 Å². The summed E-state index contributed by atoms with van der Waals surface area (Å²) in [6.07, 6.45) is 0.789. The van der Waals surface area contributed by atoms with Gasteiger partial charge in [0.15, 0.2) is 11.5 Å². The van der Waals surface area contributed by atoms with Gasteiger partial charge in [-0.2, -0.15) is 4.98 Å². The number of nitrogens with zero attached hydrogens (tertiary/aromatic N) is 3. The normalized spacial score (nSPS) is 11.2. The Hall–Kier alpha value is -3.61. The molecule has 166 valence electrons. The number of aryl methyl sites for hydroxylation is 1. The van der Waals surface area contributed by atoms with Crippen LogP contribution in [0.4, 0.5) is 5.82 Å². The van der Waals surface area contributed by atoms with Gasteiger partial charge in [0.05, 0.1) is 25.3 Å². The van der Waals surface area contributed by atoms with E-state index in [4.69, 9.17) is 19.0 Å². The van der Waals surface area contributed by atoms with Crippen LogP contribution >= 0.6 is 0 Å². The second-order valence-corrected chi connectivity index (χ2v) is 8.06. The minimum atomic E-state index is 0.161. The van der Waals surface area contributed by atoms with Crippen molar-refractivity contribution in [2.24, 2.45) is 0 Å². The Balaban J connectivity index is 1.62. The van der Waals surface area contributed by atoms with Gasteiger partial charge in [0.25, 0.3) is 0 Å². The smallest absolute Gasteiger partial charge is 0.229 e. The second kappa shape index (κ2) is 9.26. The van der Waals surface area contributed by atoms with Crippen molar-refractivity contribution in [3.8, 4) is 22.9 Å². The van der Waals surface area contributed by atoms with Gasteiger partial charge in [-0.15, -0.1) is 0 Å². The van der Waals surface area contributed by atoms with Crippen LogP contribution in [-0.2, 0) is 6.42 Å². The Morgan fingerprint density at radius 1 is 0.969 bits per heavy atom. The second-order valence-electron chi connectivity index (χ2n) is 8.06. The molecule has 0 saturated heterocycles. The number of aromatic nitrogens is 3. The lowest BCUT2D eigenvalue weighted by molar-refractivity contribution is 0.354. The highest BCUT2D eigenvalue weighted by Crippen LogP contribution is 2.31. The summed E-state index contributed by atoms with van der Waals surface area (Å²) in [4.78, 5) is 9.45. The highest BCUT2D eigenvalue weighted by molar-refractivity contribution is 5.88. The summed E-state index contributed by atoms with van der Waals surface area (Å²) in [5.41, 5.74) is 4.05. The van der Waals surface area contributed by atoms with Crippen molar-refractivity contribution >= 4 is 16.7 Å². The Bertz CT molecular complexity index is 1230. The SMILES string of the molecule is COc1ccc(CCNc2nc3ccc(C)cc3cc2-c2noc(C(C)C)n2)cc1OC. The van der Waals surface area contributed by atoms with E-state index in [2.05, 4.69) is 40.6 Å². The largest absolute Gasteiger partial charge is 0.493 e. The van der Waals surface area contributed by atoms with Crippen molar-refractivity contribution in [3.05, 3.63) is 59.5 Å². The molecular formula is C25H28N4O3. The number of hydrogen-bond donors (Lipinski definition) is 1. The Morgan fingerprint density at radius 2 is 1.78 bits per heavy atom. The predicted molar refractivity (Wildman–Crippen MR) is 126 cm³/mol. The third-order valence-electron chi connectivity index (χ3n) is 5.30. The molecule has 0 saturated carbocycles. The van der Waals surface area contributed by atoms with E-state index in [0.717, 1.165) is 45.8 Å². The van der Waals surface area contributed by atoms with Crippen LogP contribution in [0.2, 0.25) is 0 Å². The lowest BCUT2D eigenvalue weighted by Gasteiger charge is -2.12. The number of pyridine rings is 1. The van der Waals surface area contributed by atoms with Crippen LogP contribution < -0.4 is 14.8 Å². The van der Waals surface area contributed by atoms with Gasteiger partial charge in [-0.1, -0.05) is 36.7 Å². The molecule has 4 rings (SSSR count). The number of rotatable bonds is 8. The van der Waals surface area contributed by atoms with E-state index in [-0.39, 0.29) is 5.92 Å². The molecule has 1 N–H and O–H groups in total.